The molecule has 5 aromatic rings. The van der Waals surface area contributed by atoms with Crippen molar-refractivity contribution in [1.29, 1.82) is 0 Å². The van der Waals surface area contributed by atoms with Crippen LogP contribution in [0, 0.1) is 0 Å². The third-order valence-corrected chi connectivity index (χ3v) is 8.54. The monoisotopic (exact) mass is 659 g/mol. The highest BCUT2D eigenvalue weighted by atomic mass is 35.5. The van der Waals surface area contributed by atoms with Crippen molar-refractivity contribution in [1.82, 2.24) is 14.5 Å². The number of ether oxygens (including phenoxy) is 2. The molecule has 2 aromatic heterocycles. The number of rotatable bonds is 14. The Kier molecular flexibility index (Phi) is 11.0. The van der Waals surface area contributed by atoms with Crippen molar-refractivity contribution in [2.45, 2.75) is 58.2 Å². The van der Waals surface area contributed by atoms with Crippen LogP contribution in [0.3, 0.4) is 0 Å². The average molecular weight is 661 g/mol. The Morgan fingerprint density at radius 1 is 0.891 bits per heavy atom. The van der Waals surface area contributed by atoms with Gasteiger partial charge in [-0.3, -0.25) is 4.79 Å². The van der Waals surface area contributed by atoms with Crippen LogP contribution in [0.5, 0.6) is 11.5 Å². The van der Waals surface area contributed by atoms with Gasteiger partial charge in [0, 0.05) is 36.2 Å². The fourth-order valence-electron chi connectivity index (χ4n) is 5.36. The number of anilines is 2. The largest absolute Gasteiger partial charge is 0.497 e. The molecule has 0 saturated carbocycles. The van der Waals surface area contributed by atoms with Crippen LogP contribution >= 0.6 is 23.2 Å². The maximum absolute atomic E-state index is 14.1. The molecule has 8 nitrogen and oxygen atoms in total. The molecule has 0 radical (unpaired) electrons. The lowest BCUT2D eigenvalue weighted by Crippen LogP contribution is -2.28. The smallest absolute Gasteiger partial charge is 0.264 e. The van der Waals surface area contributed by atoms with E-state index in [-0.39, 0.29) is 11.6 Å². The first-order valence-corrected chi connectivity index (χ1v) is 16.2. The summed E-state index contributed by atoms with van der Waals surface area (Å²) in [4.78, 5) is 26.2. The molecule has 0 aliphatic heterocycles. The number of nitrogens with zero attached hydrogens (tertiary/aromatic N) is 4. The van der Waals surface area contributed by atoms with Crippen molar-refractivity contribution in [3.63, 3.8) is 0 Å². The minimum absolute atomic E-state index is 0.0955. The first kappa shape index (κ1) is 33.1. The third-order valence-electron chi connectivity index (χ3n) is 7.88. The Labute approximate surface area is 279 Å². The van der Waals surface area contributed by atoms with Crippen molar-refractivity contribution in [2.24, 2.45) is 0 Å². The topological polar surface area (TPSA) is 81.5 Å². The zero-order valence-electron chi connectivity index (χ0n) is 26.6. The number of hydrogen-bond acceptors (Lipinski definition) is 7. The van der Waals surface area contributed by atoms with Crippen molar-refractivity contribution in [3.8, 4) is 11.5 Å². The molecule has 10 heteroatoms. The number of methoxy groups -OCH3 is 2. The summed E-state index contributed by atoms with van der Waals surface area (Å²) in [5.41, 5.74) is 4.26. The number of hydrogen-bond donors (Lipinski definition) is 1. The Bertz CT molecular complexity index is 1780. The van der Waals surface area contributed by atoms with E-state index in [1.54, 1.807) is 25.0 Å². The van der Waals surface area contributed by atoms with Crippen LogP contribution in [0.15, 0.2) is 83.8 Å². The maximum atomic E-state index is 14.1. The molecule has 2 heterocycles. The summed E-state index contributed by atoms with van der Waals surface area (Å²) in [6, 6.07) is 23.6. The van der Waals surface area contributed by atoms with E-state index in [9.17, 15) is 4.79 Å². The number of halogens is 2. The molecule has 5 rings (SSSR count). The van der Waals surface area contributed by atoms with Crippen LogP contribution in [0.25, 0.3) is 10.9 Å². The molecule has 1 N–H and O–H groups in total. The van der Waals surface area contributed by atoms with Crippen LogP contribution < -0.4 is 25.2 Å². The lowest BCUT2D eigenvalue weighted by molar-refractivity contribution is 0.414. The highest BCUT2D eigenvalue weighted by Gasteiger charge is 2.20. The second-order valence-electron chi connectivity index (χ2n) is 11.3. The molecule has 240 valence electrons. The summed E-state index contributed by atoms with van der Waals surface area (Å²) in [5, 5.41) is 4.54. The number of alkyl halides is 1. The molecule has 0 unspecified atom stereocenters. The molecule has 3 aromatic carbocycles. The van der Waals surface area contributed by atoms with Crippen molar-refractivity contribution in [2.75, 3.05) is 24.4 Å². The van der Waals surface area contributed by atoms with Crippen molar-refractivity contribution < 1.29 is 9.47 Å². The summed E-state index contributed by atoms with van der Waals surface area (Å²) in [6.45, 7) is 5.63. The maximum Gasteiger partial charge on any atom is 0.264 e. The van der Waals surface area contributed by atoms with Gasteiger partial charge in [0.05, 0.1) is 26.3 Å². The van der Waals surface area contributed by atoms with Gasteiger partial charge in [-0.1, -0.05) is 61.3 Å². The van der Waals surface area contributed by atoms with E-state index in [0.717, 1.165) is 46.6 Å². The van der Waals surface area contributed by atoms with E-state index >= 15 is 0 Å². The van der Waals surface area contributed by atoms with E-state index in [1.165, 1.54) is 0 Å². The van der Waals surface area contributed by atoms with Crippen LogP contribution in [0.1, 0.15) is 48.9 Å². The Morgan fingerprint density at radius 3 is 2.04 bits per heavy atom. The van der Waals surface area contributed by atoms with Crippen LogP contribution in [0.4, 0.5) is 11.8 Å². The predicted octanol–water partition coefficient (Wildman–Crippen LogP) is 8.06. The zero-order chi connectivity index (χ0) is 32.6. The molecule has 0 spiro atoms. The first-order chi connectivity index (χ1) is 22.3. The zero-order valence-corrected chi connectivity index (χ0v) is 28.1. The number of aromatic nitrogens is 3. The van der Waals surface area contributed by atoms with Crippen molar-refractivity contribution in [3.05, 3.63) is 117 Å². The van der Waals surface area contributed by atoms with Gasteiger partial charge in [-0.2, -0.15) is 4.98 Å². The van der Waals surface area contributed by atoms with E-state index in [2.05, 4.69) is 24.1 Å². The van der Waals surface area contributed by atoms with Gasteiger partial charge in [0.15, 0.2) is 0 Å². The summed E-state index contributed by atoms with van der Waals surface area (Å²) in [7, 11) is 3.31. The van der Waals surface area contributed by atoms with E-state index < -0.39 is 0 Å². The summed E-state index contributed by atoms with van der Waals surface area (Å²) >= 11 is 12.5. The van der Waals surface area contributed by atoms with Gasteiger partial charge in [-0.15, -0.1) is 11.6 Å². The normalized spacial score (nSPS) is 11.8. The van der Waals surface area contributed by atoms with Gasteiger partial charge in [0.2, 0.25) is 5.95 Å². The van der Waals surface area contributed by atoms with Crippen LogP contribution in [0.2, 0.25) is 5.02 Å². The third kappa shape index (κ3) is 7.92. The van der Waals surface area contributed by atoms with E-state index in [1.807, 2.05) is 72.8 Å². The molecular formula is C36H39Cl2N5O3. The quantitative estimate of drug-likeness (QED) is 0.121. The second-order valence-corrected chi connectivity index (χ2v) is 12.0. The van der Waals surface area contributed by atoms with Gasteiger partial charge in [0.1, 0.15) is 22.7 Å². The van der Waals surface area contributed by atoms with E-state index in [0.29, 0.717) is 53.2 Å². The summed E-state index contributed by atoms with van der Waals surface area (Å²) in [6.07, 6.45) is 3.68. The predicted molar refractivity (Wildman–Crippen MR) is 188 cm³/mol. The molecular weight excluding hydrogens is 621 g/mol. The van der Waals surface area contributed by atoms with Gasteiger partial charge in [-0.25, -0.2) is 4.98 Å². The molecule has 1 atom stereocenters. The minimum atomic E-state index is -0.190. The van der Waals surface area contributed by atoms with Crippen molar-refractivity contribution >= 4 is 45.9 Å². The first-order valence-electron chi connectivity index (χ1n) is 15.3. The summed E-state index contributed by atoms with van der Waals surface area (Å²) < 4.78 is 12.4. The molecule has 0 amide bonds. The van der Waals surface area contributed by atoms with Gasteiger partial charge in [-0.05, 0) is 72.0 Å². The summed E-state index contributed by atoms with van der Waals surface area (Å²) in [5.74, 6) is 2.97. The fraction of sp³-hybridized carbons (Fsp3) is 0.306. The number of nitrogens with one attached hydrogen (secondary N) is 1. The lowest BCUT2D eigenvalue weighted by Gasteiger charge is -2.25. The van der Waals surface area contributed by atoms with Crippen LogP contribution in [-0.4, -0.2) is 34.8 Å². The Morgan fingerprint density at radius 2 is 1.50 bits per heavy atom. The molecule has 0 fully saturated rings. The van der Waals surface area contributed by atoms with Crippen LogP contribution in [-0.2, 0) is 25.5 Å². The van der Waals surface area contributed by atoms with E-state index in [4.69, 9.17) is 42.6 Å². The van der Waals surface area contributed by atoms with Gasteiger partial charge < -0.3 is 24.3 Å². The minimum Gasteiger partial charge on any atom is -0.497 e. The SMILES string of the molecule is CCC[C@@H](C)Nc1nc(N(Cc2ccc(OC)cc2)Cc2ccc(OC)cc2)nc2ccn(Cc3ccc(CCl)cc3Cl)c(=O)c12. The lowest BCUT2D eigenvalue weighted by atomic mass is 10.1. The Hall–Kier alpha value is -4.27. The number of benzene rings is 3. The number of fused-ring (bicyclic) bond motifs is 1. The van der Waals surface area contributed by atoms with Gasteiger partial charge >= 0.3 is 0 Å². The molecule has 0 bridgehead atoms. The average Bonchev–Trinajstić information content (AvgIpc) is 3.07. The fourth-order valence-corrected chi connectivity index (χ4v) is 5.79. The molecule has 0 saturated heterocycles. The standard InChI is InChI=1S/C36H39Cl2N5O3/c1-5-6-24(2)39-34-33-32(17-18-42(35(33)44)23-28-12-7-27(20-37)19-31(28)38)40-36(41-34)43(21-25-8-13-29(45-3)14-9-25)22-26-10-15-30(46-4)16-11-26/h7-19,24H,5-6,20-23H2,1-4H3,(H,39,40,41)/t24-/m1/s1. The second kappa shape index (κ2) is 15.3. The number of pyridine rings is 1. The molecule has 0 aliphatic rings. The Balaban J connectivity index is 1.59. The molecule has 46 heavy (non-hydrogen) atoms. The molecule has 0 aliphatic carbocycles. The van der Waals surface area contributed by atoms with Gasteiger partial charge in [0.25, 0.3) is 5.56 Å². The highest BCUT2D eigenvalue weighted by molar-refractivity contribution is 6.31. The highest BCUT2D eigenvalue weighted by Crippen LogP contribution is 2.27.